The standard InChI is InChI=1S/C23H23N3O2/c1-15-11-20(23-25-17(3)28-26-23)12-16(2)22(15)27-10-6-7-18-13-19-8-4-5-9-21(19)24-14-18/h4-5,8-9,11-14H,6-7,10H2,1-3H3. The van der Waals surface area contributed by atoms with Crippen molar-refractivity contribution in [3.05, 3.63) is 71.2 Å². The topological polar surface area (TPSA) is 61.0 Å². The lowest BCUT2D eigenvalue weighted by molar-refractivity contribution is 0.307. The highest BCUT2D eigenvalue weighted by molar-refractivity contribution is 5.78. The van der Waals surface area contributed by atoms with Crippen molar-refractivity contribution in [3.8, 4) is 17.1 Å². The van der Waals surface area contributed by atoms with Gasteiger partial charge in [-0.25, -0.2) is 0 Å². The fourth-order valence-corrected chi connectivity index (χ4v) is 3.43. The average molecular weight is 373 g/mol. The minimum absolute atomic E-state index is 0.564. The summed E-state index contributed by atoms with van der Waals surface area (Å²) in [4.78, 5) is 8.83. The van der Waals surface area contributed by atoms with Crippen molar-refractivity contribution in [1.29, 1.82) is 0 Å². The molecule has 4 rings (SSSR count). The fraction of sp³-hybridized carbons (Fsp3) is 0.261. The molecule has 4 aromatic rings. The van der Waals surface area contributed by atoms with Crippen molar-refractivity contribution in [2.24, 2.45) is 0 Å². The van der Waals surface area contributed by atoms with Crippen LogP contribution in [-0.2, 0) is 6.42 Å². The Labute approximate surface area is 164 Å². The molecule has 0 amide bonds. The molecule has 2 aromatic carbocycles. The van der Waals surface area contributed by atoms with Crippen LogP contribution in [0.4, 0.5) is 0 Å². The van der Waals surface area contributed by atoms with Crippen LogP contribution in [0.2, 0.25) is 0 Å². The molecular formula is C23H23N3O2. The van der Waals surface area contributed by atoms with E-state index in [1.807, 2.05) is 50.4 Å². The number of hydrogen-bond donors (Lipinski definition) is 0. The first kappa shape index (κ1) is 18.2. The molecule has 0 saturated heterocycles. The quantitative estimate of drug-likeness (QED) is 0.434. The van der Waals surface area contributed by atoms with E-state index in [1.54, 1.807) is 6.92 Å². The Morgan fingerprint density at radius 1 is 1.00 bits per heavy atom. The Hall–Kier alpha value is -3.21. The zero-order valence-electron chi connectivity index (χ0n) is 16.4. The molecule has 0 fully saturated rings. The molecule has 5 heteroatoms. The van der Waals surface area contributed by atoms with Gasteiger partial charge in [0.05, 0.1) is 12.1 Å². The fourth-order valence-electron chi connectivity index (χ4n) is 3.43. The number of aryl methyl sites for hydroxylation is 4. The van der Waals surface area contributed by atoms with Gasteiger partial charge in [0, 0.05) is 24.1 Å². The molecule has 0 unspecified atom stereocenters. The number of rotatable bonds is 6. The van der Waals surface area contributed by atoms with E-state index in [1.165, 1.54) is 10.9 Å². The lowest BCUT2D eigenvalue weighted by atomic mass is 10.1. The number of benzene rings is 2. The predicted octanol–water partition coefficient (Wildman–Crippen LogP) is 5.22. The van der Waals surface area contributed by atoms with Crippen molar-refractivity contribution < 1.29 is 9.26 Å². The summed E-state index contributed by atoms with van der Waals surface area (Å²) in [6.07, 6.45) is 3.83. The number of aromatic nitrogens is 3. The van der Waals surface area contributed by atoms with E-state index in [0.29, 0.717) is 18.3 Å². The monoisotopic (exact) mass is 373 g/mol. The first-order valence-electron chi connectivity index (χ1n) is 9.48. The summed E-state index contributed by atoms with van der Waals surface area (Å²) in [5.74, 6) is 2.11. The average Bonchev–Trinajstić information content (AvgIpc) is 3.13. The second-order valence-electron chi connectivity index (χ2n) is 7.06. The lowest BCUT2D eigenvalue weighted by Crippen LogP contribution is -2.03. The van der Waals surface area contributed by atoms with Gasteiger partial charge < -0.3 is 9.26 Å². The third-order valence-corrected chi connectivity index (χ3v) is 4.75. The van der Waals surface area contributed by atoms with Crippen LogP contribution in [0, 0.1) is 20.8 Å². The zero-order valence-corrected chi connectivity index (χ0v) is 16.4. The van der Waals surface area contributed by atoms with Gasteiger partial charge in [-0.1, -0.05) is 23.4 Å². The lowest BCUT2D eigenvalue weighted by Gasteiger charge is -2.13. The molecule has 142 valence electrons. The van der Waals surface area contributed by atoms with E-state index < -0.39 is 0 Å². The summed E-state index contributed by atoms with van der Waals surface area (Å²) in [7, 11) is 0. The molecule has 5 nitrogen and oxygen atoms in total. The van der Waals surface area contributed by atoms with Crippen LogP contribution < -0.4 is 4.74 Å². The Morgan fingerprint density at radius 2 is 1.79 bits per heavy atom. The van der Waals surface area contributed by atoms with Crippen LogP contribution >= 0.6 is 0 Å². The highest BCUT2D eigenvalue weighted by atomic mass is 16.5. The Kier molecular flexibility index (Phi) is 5.06. The maximum absolute atomic E-state index is 6.09. The first-order chi connectivity index (χ1) is 13.6. The summed E-state index contributed by atoms with van der Waals surface area (Å²) >= 11 is 0. The molecule has 2 aromatic heterocycles. The molecule has 0 aliphatic heterocycles. The Balaban J connectivity index is 1.39. The number of ether oxygens (including phenoxy) is 1. The highest BCUT2D eigenvalue weighted by Gasteiger charge is 2.11. The Bertz CT molecular complexity index is 1090. The molecule has 2 heterocycles. The van der Waals surface area contributed by atoms with Crippen molar-refractivity contribution in [3.63, 3.8) is 0 Å². The minimum atomic E-state index is 0.564. The summed E-state index contributed by atoms with van der Waals surface area (Å²) in [6.45, 7) is 6.55. The van der Waals surface area contributed by atoms with Gasteiger partial charge in [-0.2, -0.15) is 4.98 Å². The predicted molar refractivity (Wildman–Crippen MR) is 110 cm³/mol. The second kappa shape index (κ2) is 7.80. The molecule has 0 radical (unpaired) electrons. The third kappa shape index (κ3) is 3.88. The zero-order chi connectivity index (χ0) is 19.5. The minimum Gasteiger partial charge on any atom is -0.493 e. The molecule has 0 N–H and O–H groups in total. The molecule has 0 spiro atoms. The van der Waals surface area contributed by atoms with Crippen molar-refractivity contribution in [2.75, 3.05) is 6.61 Å². The molecule has 0 aliphatic carbocycles. The van der Waals surface area contributed by atoms with E-state index in [2.05, 4.69) is 27.3 Å². The summed E-state index contributed by atoms with van der Waals surface area (Å²) < 4.78 is 11.2. The van der Waals surface area contributed by atoms with E-state index in [-0.39, 0.29) is 0 Å². The summed E-state index contributed by atoms with van der Waals surface area (Å²) in [5.41, 5.74) is 5.36. The van der Waals surface area contributed by atoms with Crippen molar-refractivity contribution >= 4 is 10.9 Å². The maximum Gasteiger partial charge on any atom is 0.223 e. The largest absolute Gasteiger partial charge is 0.493 e. The van der Waals surface area contributed by atoms with E-state index in [9.17, 15) is 0 Å². The molecule has 28 heavy (non-hydrogen) atoms. The van der Waals surface area contributed by atoms with Gasteiger partial charge in [0.15, 0.2) is 0 Å². The number of fused-ring (bicyclic) bond motifs is 1. The number of hydrogen-bond acceptors (Lipinski definition) is 5. The summed E-state index contributed by atoms with van der Waals surface area (Å²) in [6, 6.07) is 14.5. The van der Waals surface area contributed by atoms with Gasteiger partial charge in [0.2, 0.25) is 11.7 Å². The van der Waals surface area contributed by atoms with E-state index in [4.69, 9.17) is 9.26 Å². The van der Waals surface area contributed by atoms with Gasteiger partial charge in [0.25, 0.3) is 0 Å². The van der Waals surface area contributed by atoms with Crippen LogP contribution in [0.1, 0.15) is 29.0 Å². The van der Waals surface area contributed by atoms with Crippen molar-refractivity contribution in [1.82, 2.24) is 15.1 Å². The number of pyridine rings is 1. The molecule has 0 aliphatic rings. The van der Waals surface area contributed by atoms with Crippen molar-refractivity contribution in [2.45, 2.75) is 33.6 Å². The van der Waals surface area contributed by atoms with Crippen LogP contribution in [0.15, 0.2) is 53.2 Å². The van der Waals surface area contributed by atoms with Crippen LogP contribution in [-0.4, -0.2) is 21.7 Å². The molecule has 0 bridgehead atoms. The van der Waals surface area contributed by atoms with Gasteiger partial charge in [-0.05, 0) is 67.6 Å². The highest BCUT2D eigenvalue weighted by Crippen LogP contribution is 2.29. The smallest absolute Gasteiger partial charge is 0.223 e. The summed E-state index contributed by atoms with van der Waals surface area (Å²) in [5, 5.41) is 5.18. The molecule has 0 atom stereocenters. The molecular weight excluding hydrogens is 350 g/mol. The Morgan fingerprint density at radius 3 is 2.54 bits per heavy atom. The number of para-hydroxylation sites is 1. The van der Waals surface area contributed by atoms with Gasteiger partial charge >= 0.3 is 0 Å². The van der Waals surface area contributed by atoms with Crippen LogP contribution in [0.5, 0.6) is 5.75 Å². The maximum atomic E-state index is 6.09. The second-order valence-corrected chi connectivity index (χ2v) is 7.06. The van der Waals surface area contributed by atoms with Crippen LogP contribution in [0.25, 0.3) is 22.3 Å². The van der Waals surface area contributed by atoms with E-state index in [0.717, 1.165) is 40.8 Å². The van der Waals surface area contributed by atoms with Gasteiger partial charge in [-0.15, -0.1) is 0 Å². The SMILES string of the molecule is Cc1nc(-c2cc(C)c(OCCCc3cnc4ccccc4c3)c(C)c2)no1. The normalized spacial score (nSPS) is 11.1. The van der Waals surface area contributed by atoms with Crippen LogP contribution in [0.3, 0.4) is 0 Å². The molecule has 0 saturated carbocycles. The van der Waals surface area contributed by atoms with E-state index >= 15 is 0 Å². The van der Waals surface area contributed by atoms with Gasteiger partial charge in [-0.3, -0.25) is 4.98 Å². The van der Waals surface area contributed by atoms with Gasteiger partial charge in [0.1, 0.15) is 5.75 Å². The first-order valence-corrected chi connectivity index (χ1v) is 9.48. The number of nitrogens with zero attached hydrogens (tertiary/aromatic N) is 3. The third-order valence-electron chi connectivity index (χ3n) is 4.75.